The molecule has 2 aromatic rings. The minimum Gasteiger partial charge on any atom is -0.497 e. The van der Waals surface area contributed by atoms with Gasteiger partial charge in [0.25, 0.3) is 0 Å². The van der Waals surface area contributed by atoms with Gasteiger partial charge in [-0.3, -0.25) is 9.69 Å². The van der Waals surface area contributed by atoms with Gasteiger partial charge < -0.3 is 9.64 Å². The van der Waals surface area contributed by atoms with Crippen molar-refractivity contribution >= 4 is 17.5 Å². The predicted molar refractivity (Wildman–Crippen MR) is 119 cm³/mol. The molecule has 1 aliphatic rings. The number of ether oxygens (including phenoxy) is 1. The minimum atomic E-state index is 0.252. The summed E-state index contributed by atoms with van der Waals surface area (Å²) in [5.41, 5.74) is 2.47. The number of methoxy groups -OCH3 is 1. The lowest BCUT2D eigenvalue weighted by molar-refractivity contribution is -0.131. The van der Waals surface area contributed by atoms with Crippen molar-refractivity contribution in [2.24, 2.45) is 0 Å². The van der Waals surface area contributed by atoms with Crippen LogP contribution in [0.1, 0.15) is 43.4 Å². The molecule has 1 amide bonds. The summed E-state index contributed by atoms with van der Waals surface area (Å²) in [6.07, 6.45) is 3.39. The third-order valence-electron chi connectivity index (χ3n) is 5.75. The molecule has 0 saturated carbocycles. The maximum atomic E-state index is 12.8. The molecule has 4 nitrogen and oxygen atoms in total. The van der Waals surface area contributed by atoms with E-state index in [2.05, 4.69) is 24.0 Å². The summed E-state index contributed by atoms with van der Waals surface area (Å²) in [6.45, 7) is 5.79. The Morgan fingerprint density at radius 1 is 1.03 bits per heavy atom. The zero-order valence-corrected chi connectivity index (χ0v) is 18.2. The molecule has 1 saturated heterocycles. The van der Waals surface area contributed by atoms with Gasteiger partial charge in [0.1, 0.15) is 5.75 Å². The maximum Gasteiger partial charge on any atom is 0.222 e. The standard InChI is InChI=1S/C24H31ClN2O2/c1-3-23(20-8-10-21(25)11-9-20)26-15-4-16-27(18-17-26)24(28)14-7-19-5-12-22(29-2)13-6-19/h5-6,8-13,23H,3-4,7,14-18H2,1-2H3. The smallest absolute Gasteiger partial charge is 0.222 e. The monoisotopic (exact) mass is 414 g/mol. The Morgan fingerprint density at radius 3 is 2.41 bits per heavy atom. The fraction of sp³-hybridized carbons (Fsp3) is 0.458. The Kier molecular flexibility index (Phi) is 7.96. The van der Waals surface area contributed by atoms with Crippen LogP contribution in [-0.4, -0.2) is 49.0 Å². The van der Waals surface area contributed by atoms with Crippen LogP contribution >= 0.6 is 11.6 Å². The second-order valence-electron chi connectivity index (χ2n) is 7.59. The van der Waals surface area contributed by atoms with E-state index < -0.39 is 0 Å². The molecule has 0 N–H and O–H groups in total. The lowest BCUT2D eigenvalue weighted by Crippen LogP contribution is -2.36. The van der Waals surface area contributed by atoms with Crippen LogP contribution in [0.2, 0.25) is 5.02 Å². The van der Waals surface area contributed by atoms with Crippen LogP contribution in [0.4, 0.5) is 0 Å². The molecule has 1 unspecified atom stereocenters. The Labute approximate surface area is 179 Å². The second-order valence-corrected chi connectivity index (χ2v) is 8.03. The number of carbonyl (C=O) groups excluding carboxylic acids is 1. The molecule has 0 aliphatic carbocycles. The quantitative estimate of drug-likeness (QED) is 0.641. The van der Waals surface area contributed by atoms with Gasteiger partial charge in [-0.2, -0.15) is 0 Å². The van der Waals surface area contributed by atoms with Crippen molar-refractivity contribution < 1.29 is 9.53 Å². The Hall–Kier alpha value is -2.04. The molecule has 2 aromatic carbocycles. The highest BCUT2D eigenvalue weighted by molar-refractivity contribution is 6.30. The Balaban J connectivity index is 1.53. The maximum absolute atomic E-state index is 12.8. The third kappa shape index (κ3) is 5.97. The number of benzene rings is 2. The molecular weight excluding hydrogens is 384 g/mol. The van der Waals surface area contributed by atoms with Gasteiger partial charge in [-0.1, -0.05) is 42.8 Å². The van der Waals surface area contributed by atoms with Crippen LogP contribution in [0.15, 0.2) is 48.5 Å². The van der Waals surface area contributed by atoms with Crippen LogP contribution in [0.5, 0.6) is 5.75 Å². The normalized spacial score (nSPS) is 16.3. The van der Waals surface area contributed by atoms with Gasteiger partial charge in [0, 0.05) is 43.7 Å². The van der Waals surface area contributed by atoms with E-state index in [1.807, 2.05) is 41.3 Å². The number of hydrogen-bond acceptors (Lipinski definition) is 3. The van der Waals surface area contributed by atoms with Crippen LogP contribution in [0.25, 0.3) is 0 Å². The van der Waals surface area contributed by atoms with E-state index in [0.717, 1.165) is 56.2 Å². The molecule has 1 heterocycles. The first kappa shape index (κ1) is 21.7. The number of rotatable bonds is 7. The molecule has 1 atom stereocenters. The van der Waals surface area contributed by atoms with Crippen molar-refractivity contribution in [2.75, 3.05) is 33.3 Å². The van der Waals surface area contributed by atoms with E-state index in [1.165, 1.54) is 11.1 Å². The number of halogens is 1. The largest absolute Gasteiger partial charge is 0.497 e. The van der Waals surface area contributed by atoms with Gasteiger partial charge in [0.2, 0.25) is 5.91 Å². The average Bonchev–Trinajstić information content (AvgIpc) is 3.00. The Morgan fingerprint density at radius 2 is 1.76 bits per heavy atom. The van der Waals surface area contributed by atoms with E-state index in [9.17, 15) is 4.79 Å². The average molecular weight is 415 g/mol. The zero-order chi connectivity index (χ0) is 20.6. The summed E-state index contributed by atoms with van der Waals surface area (Å²) < 4.78 is 5.19. The summed E-state index contributed by atoms with van der Waals surface area (Å²) in [4.78, 5) is 17.3. The van der Waals surface area contributed by atoms with Crippen LogP contribution < -0.4 is 4.74 Å². The van der Waals surface area contributed by atoms with Gasteiger partial charge in [-0.25, -0.2) is 0 Å². The van der Waals surface area contributed by atoms with Gasteiger partial charge in [0.15, 0.2) is 0 Å². The van der Waals surface area contributed by atoms with Gasteiger partial charge in [0.05, 0.1) is 7.11 Å². The predicted octanol–water partition coefficient (Wildman–Crippen LogP) is 4.97. The first-order valence-corrected chi connectivity index (χ1v) is 10.9. The summed E-state index contributed by atoms with van der Waals surface area (Å²) in [5, 5.41) is 0.771. The van der Waals surface area contributed by atoms with Gasteiger partial charge in [-0.15, -0.1) is 0 Å². The molecule has 29 heavy (non-hydrogen) atoms. The van der Waals surface area contributed by atoms with Crippen molar-refractivity contribution in [2.45, 2.75) is 38.6 Å². The minimum absolute atomic E-state index is 0.252. The highest BCUT2D eigenvalue weighted by atomic mass is 35.5. The fourth-order valence-electron chi connectivity index (χ4n) is 4.09. The van der Waals surface area contributed by atoms with Gasteiger partial charge >= 0.3 is 0 Å². The summed E-state index contributed by atoms with van der Waals surface area (Å²) in [5.74, 6) is 1.10. The zero-order valence-electron chi connectivity index (χ0n) is 17.4. The number of carbonyl (C=O) groups is 1. The first-order valence-electron chi connectivity index (χ1n) is 10.5. The number of aryl methyl sites for hydroxylation is 1. The lowest BCUT2D eigenvalue weighted by Gasteiger charge is -2.30. The number of hydrogen-bond donors (Lipinski definition) is 0. The van der Waals surface area contributed by atoms with E-state index in [1.54, 1.807) is 7.11 Å². The molecule has 1 fully saturated rings. The van der Waals surface area contributed by atoms with E-state index in [-0.39, 0.29) is 5.91 Å². The Bertz CT molecular complexity index is 776. The molecule has 0 bridgehead atoms. The molecule has 0 aromatic heterocycles. The van der Waals surface area contributed by atoms with Crippen molar-refractivity contribution in [3.8, 4) is 5.75 Å². The summed E-state index contributed by atoms with van der Waals surface area (Å²) in [6, 6.07) is 16.5. The molecule has 5 heteroatoms. The van der Waals surface area contributed by atoms with Gasteiger partial charge in [-0.05, 0) is 54.7 Å². The van der Waals surface area contributed by atoms with E-state index in [4.69, 9.17) is 16.3 Å². The number of nitrogens with zero attached hydrogens (tertiary/aromatic N) is 2. The van der Waals surface area contributed by atoms with Crippen LogP contribution in [-0.2, 0) is 11.2 Å². The summed E-state index contributed by atoms with van der Waals surface area (Å²) >= 11 is 6.05. The highest BCUT2D eigenvalue weighted by Gasteiger charge is 2.24. The highest BCUT2D eigenvalue weighted by Crippen LogP contribution is 2.26. The van der Waals surface area contributed by atoms with Crippen molar-refractivity contribution in [1.82, 2.24) is 9.80 Å². The molecule has 156 valence electrons. The SMILES string of the molecule is CCC(c1ccc(Cl)cc1)N1CCCN(C(=O)CCc2ccc(OC)cc2)CC1. The topological polar surface area (TPSA) is 32.8 Å². The second kappa shape index (κ2) is 10.7. The molecular formula is C24H31ClN2O2. The van der Waals surface area contributed by atoms with Crippen molar-refractivity contribution in [3.05, 3.63) is 64.7 Å². The lowest BCUT2D eigenvalue weighted by atomic mass is 10.0. The van der Waals surface area contributed by atoms with E-state index in [0.29, 0.717) is 12.5 Å². The first-order chi connectivity index (χ1) is 14.1. The van der Waals surface area contributed by atoms with Crippen LogP contribution in [0, 0.1) is 0 Å². The fourth-order valence-corrected chi connectivity index (χ4v) is 4.22. The number of amides is 1. The molecule has 1 aliphatic heterocycles. The molecule has 0 spiro atoms. The molecule has 3 rings (SSSR count). The molecule has 0 radical (unpaired) electrons. The van der Waals surface area contributed by atoms with Crippen molar-refractivity contribution in [3.63, 3.8) is 0 Å². The van der Waals surface area contributed by atoms with E-state index >= 15 is 0 Å². The van der Waals surface area contributed by atoms with Crippen LogP contribution in [0.3, 0.4) is 0 Å². The van der Waals surface area contributed by atoms with Crippen molar-refractivity contribution in [1.29, 1.82) is 0 Å². The third-order valence-corrected chi connectivity index (χ3v) is 6.00. The summed E-state index contributed by atoms with van der Waals surface area (Å²) in [7, 11) is 1.66.